The van der Waals surface area contributed by atoms with Crippen LogP contribution in [0, 0.1) is 0 Å². The molecule has 0 amide bonds. The Hall–Kier alpha value is -0.210. The predicted molar refractivity (Wildman–Crippen MR) is 84.6 cm³/mol. The number of ether oxygens (including phenoxy) is 3. The molecule has 0 aliphatic heterocycles. The van der Waals surface area contributed by atoms with E-state index in [9.17, 15) is 8.42 Å². The number of rotatable bonds is 16. The Labute approximate surface area is 129 Å². The van der Waals surface area contributed by atoms with Crippen molar-refractivity contribution in [2.24, 2.45) is 0 Å². The summed E-state index contributed by atoms with van der Waals surface area (Å²) >= 11 is 0. The molecule has 0 unspecified atom stereocenters. The Balaban J connectivity index is 3.09. The quantitative estimate of drug-likeness (QED) is 0.424. The highest BCUT2D eigenvalue weighted by molar-refractivity contribution is 7.91. The van der Waals surface area contributed by atoms with Crippen LogP contribution in [0.25, 0.3) is 0 Å². The van der Waals surface area contributed by atoms with Gasteiger partial charge in [-0.1, -0.05) is 20.3 Å². The molecule has 0 saturated carbocycles. The fraction of sp³-hybridized carbons (Fsp3) is 1.00. The molecular formula is C14H31NO5S. The van der Waals surface area contributed by atoms with E-state index in [0.29, 0.717) is 46.1 Å². The van der Waals surface area contributed by atoms with E-state index < -0.39 is 9.84 Å². The van der Waals surface area contributed by atoms with Crippen molar-refractivity contribution in [2.75, 3.05) is 64.2 Å². The van der Waals surface area contributed by atoms with Crippen molar-refractivity contribution in [3.8, 4) is 0 Å². The third-order valence-corrected chi connectivity index (χ3v) is 4.54. The van der Waals surface area contributed by atoms with E-state index in [1.54, 1.807) is 6.92 Å². The summed E-state index contributed by atoms with van der Waals surface area (Å²) in [4.78, 5) is 0. The smallest absolute Gasteiger partial charge is 0.151 e. The summed E-state index contributed by atoms with van der Waals surface area (Å²) in [6, 6.07) is 0. The van der Waals surface area contributed by atoms with Gasteiger partial charge in [0.25, 0.3) is 0 Å². The summed E-state index contributed by atoms with van der Waals surface area (Å²) in [5.41, 5.74) is 0. The average Bonchev–Trinajstić information content (AvgIpc) is 2.47. The van der Waals surface area contributed by atoms with Gasteiger partial charge in [-0.05, 0) is 6.42 Å². The van der Waals surface area contributed by atoms with E-state index in [-0.39, 0.29) is 11.5 Å². The normalized spacial score (nSPS) is 11.9. The maximum atomic E-state index is 11.2. The van der Waals surface area contributed by atoms with E-state index in [2.05, 4.69) is 12.2 Å². The van der Waals surface area contributed by atoms with Crippen LogP contribution in [0.1, 0.15) is 26.7 Å². The molecule has 0 aliphatic carbocycles. The fourth-order valence-electron chi connectivity index (χ4n) is 1.43. The number of hydrogen-bond acceptors (Lipinski definition) is 6. The van der Waals surface area contributed by atoms with Gasteiger partial charge in [0.2, 0.25) is 0 Å². The summed E-state index contributed by atoms with van der Waals surface area (Å²) in [5, 5.41) is 3.04. The standard InChI is InChI=1S/C14H31NO5S/c1-3-5-8-18-10-12-20-13-11-19-9-6-15-7-14-21(16,17)4-2/h15H,3-14H2,1-2H3. The topological polar surface area (TPSA) is 73.9 Å². The first-order valence-corrected chi connectivity index (χ1v) is 9.59. The van der Waals surface area contributed by atoms with Crippen LogP contribution in [0.5, 0.6) is 0 Å². The van der Waals surface area contributed by atoms with E-state index in [1.807, 2.05) is 0 Å². The minimum atomic E-state index is -2.87. The first-order valence-electron chi connectivity index (χ1n) is 7.76. The zero-order chi connectivity index (χ0) is 15.8. The van der Waals surface area contributed by atoms with Crippen molar-refractivity contribution in [3.05, 3.63) is 0 Å². The van der Waals surface area contributed by atoms with Gasteiger partial charge in [0.15, 0.2) is 9.84 Å². The lowest BCUT2D eigenvalue weighted by molar-refractivity contribution is 0.0147. The maximum absolute atomic E-state index is 11.2. The SMILES string of the molecule is CCCCOCCOCCOCCNCCS(=O)(=O)CC. The minimum absolute atomic E-state index is 0.185. The zero-order valence-corrected chi connectivity index (χ0v) is 14.3. The fourth-order valence-corrected chi connectivity index (χ4v) is 2.17. The number of unbranched alkanes of at least 4 members (excludes halogenated alkanes) is 1. The lowest BCUT2D eigenvalue weighted by Crippen LogP contribution is -2.27. The van der Waals surface area contributed by atoms with Gasteiger partial charge in [0, 0.05) is 25.4 Å². The second-order valence-corrected chi connectivity index (χ2v) is 7.15. The Bertz CT molecular complexity index is 308. The second-order valence-electron chi connectivity index (χ2n) is 4.68. The molecule has 0 atom stereocenters. The Morgan fingerprint density at radius 1 is 0.810 bits per heavy atom. The Morgan fingerprint density at radius 2 is 1.38 bits per heavy atom. The van der Waals surface area contributed by atoms with E-state index in [0.717, 1.165) is 19.4 Å². The summed E-state index contributed by atoms with van der Waals surface area (Å²) in [7, 11) is -2.87. The number of hydrogen-bond donors (Lipinski definition) is 1. The highest BCUT2D eigenvalue weighted by Crippen LogP contribution is 1.88. The number of sulfone groups is 1. The zero-order valence-electron chi connectivity index (χ0n) is 13.4. The molecule has 128 valence electrons. The molecule has 0 aromatic carbocycles. The summed E-state index contributed by atoms with van der Waals surface area (Å²) in [6.07, 6.45) is 2.24. The molecule has 7 heteroatoms. The maximum Gasteiger partial charge on any atom is 0.151 e. The summed E-state index contributed by atoms with van der Waals surface area (Å²) in [5.74, 6) is 0.384. The van der Waals surface area contributed by atoms with E-state index >= 15 is 0 Å². The second kappa shape index (κ2) is 14.7. The van der Waals surface area contributed by atoms with Gasteiger partial charge >= 0.3 is 0 Å². The van der Waals surface area contributed by atoms with Gasteiger partial charge < -0.3 is 19.5 Å². The largest absolute Gasteiger partial charge is 0.379 e. The molecular weight excluding hydrogens is 294 g/mol. The van der Waals surface area contributed by atoms with Crippen molar-refractivity contribution in [2.45, 2.75) is 26.7 Å². The highest BCUT2D eigenvalue weighted by Gasteiger charge is 2.05. The lowest BCUT2D eigenvalue weighted by atomic mass is 10.4. The van der Waals surface area contributed by atoms with Gasteiger partial charge in [0.05, 0.1) is 38.8 Å². The molecule has 0 aromatic heterocycles. The molecule has 0 aliphatic rings. The first-order chi connectivity index (χ1) is 10.1. The van der Waals surface area contributed by atoms with Crippen LogP contribution in [0.2, 0.25) is 0 Å². The molecule has 0 saturated heterocycles. The van der Waals surface area contributed by atoms with Crippen LogP contribution in [0.15, 0.2) is 0 Å². The molecule has 0 aromatic rings. The van der Waals surface area contributed by atoms with E-state index in [1.165, 1.54) is 0 Å². The molecule has 0 bridgehead atoms. The first kappa shape index (κ1) is 20.8. The average molecular weight is 325 g/mol. The molecule has 0 fully saturated rings. The van der Waals surface area contributed by atoms with Crippen LogP contribution < -0.4 is 5.32 Å². The van der Waals surface area contributed by atoms with Crippen LogP contribution in [-0.2, 0) is 24.0 Å². The van der Waals surface area contributed by atoms with Gasteiger partial charge in [-0.15, -0.1) is 0 Å². The van der Waals surface area contributed by atoms with Gasteiger partial charge in [-0.25, -0.2) is 8.42 Å². The van der Waals surface area contributed by atoms with Crippen molar-refractivity contribution < 1.29 is 22.6 Å². The highest BCUT2D eigenvalue weighted by atomic mass is 32.2. The minimum Gasteiger partial charge on any atom is -0.379 e. The molecule has 6 nitrogen and oxygen atoms in total. The van der Waals surface area contributed by atoms with Crippen LogP contribution in [-0.4, -0.2) is 72.7 Å². The van der Waals surface area contributed by atoms with Crippen molar-refractivity contribution in [3.63, 3.8) is 0 Å². The molecule has 0 rings (SSSR count). The van der Waals surface area contributed by atoms with Crippen LogP contribution >= 0.6 is 0 Å². The van der Waals surface area contributed by atoms with Crippen molar-refractivity contribution >= 4 is 9.84 Å². The van der Waals surface area contributed by atoms with Gasteiger partial charge in [-0.3, -0.25) is 0 Å². The van der Waals surface area contributed by atoms with Crippen LogP contribution in [0.3, 0.4) is 0 Å². The summed E-state index contributed by atoms with van der Waals surface area (Å²) < 4.78 is 38.5. The predicted octanol–water partition coefficient (Wildman–Crippen LogP) is 0.861. The van der Waals surface area contributed by atoms with Gasteiger partial charge in [-0.2, -0.15) is 0 Å². The molecule has 0 radical (unpaired) electrons. The number of nitrogens with one attached hydrogen (secondary N) is 1. The lowest BCUT2D eigenvalue weighted by Gasteiger charge is -2.07. The Morgan fingerprint density at radius 3 is 1.95 bits per heavy atom. The van der Waals surface area contributed by atoms with Crippen molar-refractivity contribution in [1.29, 1.82) is 0 Å². The monoisotopic (exact) mass is 325 g/mol. The van der Waals surface area contributed by atoms with E-state index in [4.69, 9.17) is 14.2 Å². The molecule has 21 heavy (non-hydrogen) atoms. The molecule has 0 heterocycles. The molecule has 0 spiro atoms. The third-order valence-electron chi connectivity index (χ3n) is 2.84. The van der Waals surface area contributed by atoms with Gasteiger partial charge in [0.1, 0.15) is 0 Å². The Kier molecular flexibility index (Phi) is 14.6. The van der Waals surface area contributed by atoms with Crippen molar-refractivity contribution in [1.82, 2.24) is 5.32 Å². The molecule has 1 N–H and O–H groups in total. The summed E-state index contributed by atoms with van der Waals surface area (Å²) in [6.45, 7) is 8.61. The third kappa shape index (κ3) is 16.0. The van der Waals surface area contributed by atoms with Crippen LogP contribution in [0.4, 0.5) is 0 Å².